The number of ether oxygens (including phenoxy) is 2. The molecule has 0 aromatic heterocycles. The molecule has 1 aromatic rings. The third kappa shape index (κ3) is 3.70. The number of benzene rings is 1. The van der Waals surface area contributed by atoms with Crippen LogP contribution in [-0.2, 0) is 4.74 Å². The summed E-state index contributed by atoms with van der Waals surface area (Å²) >= 11 is 0. The highest BCUT2D eigenvalue weighted by Gasteiger charge is 2.28. The number of hydrogen-bond acceptors (Lipinski definition) is 3. The molecule has 1 saturated heterocycles. The maximum Gasteiger partial charge on any atom is 0.165 e. The maximum atomic E-state index is 13.9. The van der Waals surface area contributed by atoms with Crippen LogP contribution in [0.2, 0.25) is 0 Å². The zero-order chi connectivity index (χ0) is 14.5. The minimum atomic E-state index is -0.324. The van der Waals surface area contributed by atoms with Gasteiger partial charge in [-0.2, -0.15) is 0 Å². The predicted molar refractivity (Wildman–Crippen MR) is 77.5 cm³/mol. The minimum Gasteiger partial charge on any atom is -0.494 e. The first-order chi connectivity index (χ1) is 9.61. The SMILES string of the molecule is COc1ccc(C2OCCCC2CNC(C)C)cc1F. The second-order valence-corrected chi connectivity index (χ2v) is 5.65. The van der Waals surface area contributed by atoms with Crippen molar-refractivity contribution in [1.82, 2.24) is 5.32 Å². The van der Waals surface area contributed by atoms with Gasteiger partial charge < -0.3 is 14.8 Å². The molecule has 1 aliphatic heterocycles. The van der Waals surface area contributed by atoms with Gasteiger partial charge in [-0.3, -0.25) is 0 Å². The van der Waals surface area contributed by atoms with Crippen LogP contribution in [0.3, 0.4) is 0 Å². The molecule has 0 aliphatic carbocycles. The molecule has 1 aliphatic rings. The van der Waals surface area contributed by atoms with Gasteiger partial charge in [0.1, 0.15) is 0 Å². The summed E-state index contributed by atoms with van der Waals surface area (Å²) < 4.78 is 24.7. The average molecular weight is 281 g/mol. The lowest BCUT2D eigenvalue weighted by molar-refractivity contribution is -0.0284. The highest BCUT2D eigenvalue weighted by molar-refractivity contribution is 5.31. The maximum absolute atomic E-state index is 13.9. The van der Waals surface area contributed by atoms with Gasteiger partial charge in [-0.15, -0.1) is 0 Å². The van der Waals surface area contributed by atoms with Crippen LogP contribution in [0.5, 0.6) is 5.75 Å². The van der Waals surface area contributed by atoms with Crippen LogP contribution in [0.4, 0.5) is 4.39 Å². The van der Waals surface area contributed by atoms with Crippen LogP contribution < -0.4 is 10.1 Å². The van der Waals surface area contributed by atoms with E-state index < -0.39 is 0 Å². The van der Waals surface area contributed by atoms with Crippen molar-refractivity contribution >= 4 is 0 Å². The second kappa shape index (κ2) is 7.04. The van der Waals surface area contributed by atoms with Crippen molar-refractivity contribution in [3.05, 3.63) is 29.6 Å². The van der Waals surface area contributed by atoms with E-state index in [1.54, 1.807) is 6.07 Å². The Balaban J connectivity index is 2.12. The molecule has 1 aromatic carbocycles. The number of hydrogen-bond donors (Lipinski definition) is 1. The summed E-state index contributed by atoms with van der Waals surface area (Å²) in [7, 11) is 1.48. The molecule has 0 radical (unpaired) electrons. The Morgan fingerprint density at radius 1 is 1.45 bits per heavy atom. The summed E-state index contributed by atoms with van der Waals surface area (Å²) in [5.41, 5.74) is 0.901. The lowest BCUT2D eigenvalue weighted by atomic mass is 9.89. The third-order valence-corrected chi connectivity index (χ3v) is 3.74. The highest BCUT2D eigenvalue weighted by Crippen LogP contribution is 2.34. The first-order valence-electron chi connectivity index (χ1n) is 7.30. The van der Waals surface area contributed by atoms with Crippen LogP contribution in [0.25, 0.3) is 0 Å². The first-order valence-corrected chi connectivity index (χ1v) is 7.30. The summed E-state index contributed by atoms with van der Waals surface area (Å²) in [6, 6.07) is 5.57. The Morgan fingerprint density at radius 3 is 2.90 bits per heavy atom. The minimum absolute atomic E-state index is 0.0320. The third-order valence-electron chi connectivity index (χ3n) is 3.74. The van der Waals surface area contributed by atoms with Crippen molar-refractivity contribution in [3.8, 4) is 5.75 Å². The Hall–Kier alpha value is -1.13. The van der Waals surface area contributed by atoms with Gasteiger partial charge in [0.25, 0.3) is 0 Å². The molecular weight excluding hydrogens is 257 g/mol. The largest absolute Gasteiger partial charge is 0.494 e. The molecule has 0 saturated carbocycles. The fraction of sp³-hybridized carbons (Fsp3) is 0.625. The molecule has 3 nitrogen and oxygen atoms in total. The zero-order valence-electron chi connectivity index (χ0n) is 12.5. The van der Waals surface area contributed by atoms with Crippen LogP contribution in [0.15, 0.2) is 18.2 Å². The molecule has 0 bridgehead atoms. The number of halogens is 1. The molecule has 112 valence electrons. The fourth-order valence-electron chi connectivity index (χ4n) is 2.67. The molecule has 0 spiro atoms. The van der Waals surface area contributed by atoms with Crippen molar-refractivity contribution in [2.75, 3.05) is 20.3 Å². The standard InChI is InChI=1S/C16H24FNO2/c1-11(2)18-10-13-5-4-8-20-16(13)12-6-7-15(19-3)14(17)9-12/h6-7,9,11,13,16,18H,4-5,8,10H2,1-3H3. The van der Waals surface area contributed by atoms with Crippen molar-refractivity contribution in [1.29, 1.82) is 0 Å². The van der Waals surface area contributed by atoms with Gasteiger partial charge in [-0.05, 0) is 30.5 Å². The number of nitrogens with one attached hydrogen (secondary N) is 1. The summed E-state index contributed by atoms with van der Waals surface area (Å²) in [4.78, 5) is 0. The molecule has 0 amide bonds. The number of methoxy groups -OCH3 is 1. The first kappa shape index (κ1) is 15.3. The Morgan fingerprint density at radius 2 is 2.25 bits per heavy atom. The Kier molecular flexibility index (Phi) is 5.38. The quantitative estimate of drug-likeness (QED) is 0.898. The molecule has 2 rings (SSSR count). The molecule has 20 heavy (non-hydrogen) atoms. The van der Waals surface area contributed by atoms with Gasteiger partial charge in [-0.1, -0.05) is 19.9 Å². The number of rotatable bonds is 5. The van der Waals surface area contributed by atoms with E-state index in [2.05, 4.69) is 19.2 Å². The molecule has 4 heteroatoms. The normalized spacial score (nSPS) is 23.1. The van der Waals surface area contributed by atoms with Gasteiger partial charge in [-0.25, -0.2) is 4.39 Å². The Bertz CT molecular complexity index is 436. The van der Waals surface area contributed by atoms with E-state index >= 15 is 0 Å². The van der Waals surface area contributed by atoms with Crippen molar-refractivity contribution < 1.29 is 13.9 Å². The fourth-order valence-corrected chi connectivity index (χ4v) is 2.67. The van der Waals surface area contributed by atoms with Crippen LogP contribution in [0.1, 0.15) is 38.4 Å². The van der Waals surface area contributed by atoms with E-state index in [1.165, 1.54) is 13.2 Å². The van der Waals surface area contributed by atoms with Crippen LogP contribution >= 0.6 is 0 Å². The smallest absolute Gasteiger partial charge is 0.165 e. The van der Waals surface area contributed by atoms with E-state index in [1.807, 2.05) is 6.07 Å². The Labute approximate surface area is 120 Å². The van der Waals surface area contributed by atoms with Crippen LogP contribution in [-0.4, -0.2) is 26.3 Å². The summed E-state index contributed by atoms with van der Waals surface area (Å²) in [6.45, 7) is 5.91. The van der Waals surface area contributed by atoms with E-state index in [0.717, 1.165) is 31.6 Å². The highest BCUT2D eigenvalue weighted by atomic mass is 19.1. The van der Waals surface area contributed by atoms with Gasteiger partial charge in [0, 0.05) is 25.1 Å². The molecule has 2 unspecified atom stereocenters. The summed E-state index contributed by atoms with van der Waals surface area (Å²) in [5.74, 6) is 0.343. The van der Waals surface area contributed by atoms with Gasteiger partial charge in [0.2, 0.25) is 0 Å². The molecular formula is C16H24FNO2. The van der Waals surface area contributed by atoms with Crippen molar-refractivity contribution in [2.24, 2.45) is 5.92 Å². The topological polar surface area (TPSA) is 30.5 Å². The molecule has 1 heterocycles. The molecule has 1 N–H and O–H groups in total. The summed E-state index contributed by atoms with van der Waals surface area (Å²) in [6.07, 6.45) is 2.15. The van der Waals surface area contributed by atoms with E-state index in [-0.39, 0.29) is 17.7 Å². The predicted octanol–water partition coefficient (Wildman–Crippen LogP) is 3.30. The lowest BCUT2D eigenvalue weighted by Crippen LogP contribution is -2.35. The van der Waals surface area contributed by atoms with Crippen molar-refractivity contribution in [2.45, 2.75) is 38.8 Å². The van der Waals surface area contributed by atoms with E-state index in [4.69, 9.17) is 9.47 Å². The van der Waals surface area contributed by atoms with Gasteiger partial charge >= 0.3 is 0 Å². The average Bonchev–Trinajstić information content (AvgIpc) is 2.45. The van der Waals surface area contributed by atoms with Gasteiger partial charge in [0.05, 0.1) is 13.2 Å². The molecule has 2 atom stereocenters. The second-order valence-electron chi connectivity index (χ2n) is 5.65. The van der Waals surface area contributed by atoms with E-state index in [0.29, 0.717) is 12.0 Å². The zero-order valence-corrected chi connectivity index (χ0v) is 12.5. The summed E-state index contributed by atoms with van der Waals surface area (Å²) in [5, 5.41) is 3.45. The van der Waals surface area contributed by atoms with Crippen molar-refractivity contribution in [3.63, 3.8) is 0 Å². The lowest BCUT2D eigenvalue weighted by Gasteiger charge is -2.33. The van der Waals surface area contributed by atoms with Crippen LogP contribution in [0, 0.1) is 11.7 Å². The monoisotopic (exact) mass is 281 g/mol. The molecule has 1 fully saturated rings. The van der Waals surface area contributed by atoms with Gasteiger partial charge in [0.15, 0.2) is 11.6 Å². The van der Waals surface area contributed by atoms with E-state index in [9.17, 15) is 4.39 Å².